The summed E-state index contributed by atoms with van der Waals surface area (Å²) >= 11 is 6.50. The summed E-state index contributed by atoms with van der Waals surface area (Å²) in [5.74, 6) is 0.471. The molecule has 7 nitrogen and oxygen atoms in total. The van der Waals surface area contributed by atoms with Gasteiger partial charge in [0, 0.05) is 0 Å². The Kier molecular flexibility index (Phi) is 5.72. The molecular weight excluding hydrogens is 388 g/mol. The molecule has 3 rings (SSSR count). The van der Waals surface area contributed by atoms with E-state index in [0.29, 0.717) is 27.3 Å². The second-order valence-corrected chi connectivity index (χ2v) is 6.93. The number of thiocarbonyl (C=S) groups is 1. The van der Waals surface area contributed by atoms with Crippen molar-refractivity contribution in [2.24, 2.45) is 0 Å². The molecule has 2 aromatic rings. The maximum Gasteiger partial charge on any atom is 0.433 e. The van der Waals surface area contributed by atoms with Crippen molar-refractivity contribution in [1.29, 1.82) is 0 Å². The average molecular weight is 402 g/mol. The number of thioether (sulfide) groups is 1. The highest BCUT2D eigenvalue weighted by Crippen LogP contribution is 2.35. The molecule has 0 spiro atoms. The monoisotopic (exact) mass is 402 g/mol. The molecule has 0 radical (unpaired) electrons. The fraction of sp³-hybridized carbons (Fsp3) is 0.111. The smallest absolute Gasteiger partial charge is 0.433 e. The van der Waals surface area contributed by atoms with Gasteiger partial charge in [-0.25, -0.2) is 0 Å². The van der Waals surface area contributed by atoms with Gasteiger partial charge < -0.3 is 9.15 Å². The third-order valence-corrected chi connectivity index (χ3v) is 4.82. The number of hydrogen-bond acceptors (Lipinski definition) is 7. The van der Waals surface area contributed by atoms with Crippen molar-refractivity contribution in [2.75, 3.05) is 11.5 Å². The molecule has 0 aliphatic carbocycles. The van der Waals surface area contributed by atoms with Crippen molar-refractivity contribution >= 4 is 51.9 Å². The maximum absolute atomic E-state index is 12.6. The first-order valence-electron chi connectivity index (χ1n) is 7.91. The molecule has 27 heavy (non-hydrogen) atoms. The molecule has 0 bridgehead atoms. The van der Waals surface area contributed by atoms with Gasteiger partial charge in [0.15, 0.2) is 4.32 Å². The summed E-state index contributed by atoms with van der Waals surface area (Å²) in [6.45, 7) is 2.46. The Morgan fingerprint density at radius 3 is 2.67 bits per heavy atom. The van der Waals surface area contributed by atoms with Crippen molar-refractivity contribution in [3.63, 3.8) is 0 Å². The summed E-state index contributed by atoms with van der Waals surface area (Å²) in [7, 11) is 0. The van der Waals surface area contributed by atoms with Crippen LogP contribution in [0.5, 0.6) is 5.75 Å². The van der Waals surface area contributed by atoms with Gasteiger partial charge in [0.2, 0.25) is 0 Å². The fourth-order valence-electron chi connectivity index (χ4n) is 2.32. The number of carbonyl (C=O) groups is 1. The zero-order valence-corrected chi connectivity index (χ0v) is 15.8. The maximum atomic E-state index is 12.6. The number of anilines is 1. The average Bonchev–Trinajstić information content (AvgIpc) is 3.22. The summed E-state index contributed by atoms with van der Waals surface area (Å²) in [6, 6.07) is 9.86. The van der Waals surface area contributed by atoms with Crippen LogP contribution in [0, 0.1) is 10.1 Å². The number of allylic oxidation sites excluding steroid dienone is 2. The van der Waals surface area contributed by atoms with Crippen LogP contribution < -0.4 is 9.64 Å². The molecule has 0 saturated carbocycles. The van der Waals surface area contributed by atoms with Crippen LogP contribution >= 0.6 is 24.0 Å². The Bertz CT molecular complexity index is 947. The zero-order chi connectivity index (χ0) is 19.4. The third-order valence-electron chi connectivity index (χ3n) is 3.50. The summed E-state index contributed by atoms with van der Waals surface area (Å²) < 4.78 is 10.8. The predicted octanol–water partition coefficient (Wildman–Crippen LogP) is 4.55. The van der Waals surface area contributed by atoms with Crippen LogP contribution in [0.3, 0.4) is 0 Å². The fourth-order valence-corrected chi connectivity index (χ4v) is 3.57. The highest BCUT2D eigenvalue weighted by atomic mass is 32.2. The van der Waals surface area contributed by atoms with E-state index in [9.17, 15) is 14.9 Å². The van der Waals surface area contributed by atoms with Crippen LogP contribution in [0.4, 0.5) is 11.6 Å². The van der Waals surface area contributed by atoms with Gasteiger partial charge in [0.1, 0.15) is 16.4 Å². The minimum absolute atomic E-state index is 0.232. The molecule has 1 aliphatic rings. The minimum atomic E-state index is -0.612. The van der Waals surface area contributed by atoms with E-state index >= 15 is 0 Å². The first kappa shape index (κ1) is 18.9. The number of rotatable bonds is 6. The van der Waals surface area contributed by atoms with Crippen LogP contribution in [0.2, 0.25) is 0 Å². The molecular formula is C18H14N2O5S2. The Labute approximate surface area is 164 Å². The number of hydrogen-bond donors (Lipinski definition) is 0. The zero-order valence-electron chi connectivity index (χ0n) is 14.2. The molecule has 1 amide bonds. The standard InChI is InChI=1S/C18H14N2O5S2/c1-2-24-13-8-6-12(7-9-13)19-17(21)15(27-18(19)26)5-3-4-14-10-11-16(25-14)20(22)23/h3-11H,2H2,1H3/b4-3+,15-5-. The molecule has 1 saturated heterocycles. The number of ether oxygens (including phenoxy) is 1. The Morgan fingerprint density at radius 1 is 1.30 bits per heavy atom. The SMILES string of the molecule is CCOc1ccc(N2C(=O)/C(=C/C=C/c3ccc([N+](=O)[O-])o3)SC2=S)cc1. The topological polar surface area (TPSA) is 85.8 Å². The second kappa shape index (κ2) is 8.19. The summed E-state index contributed by atoms with van der Waals surface area (Å²) in [6.07, 6.45) is 4.73. The number of amides is 1. The van der Waals surface area contributed by atoms with E-state index in [2.05, 4.69) is 0 Å². The van der Waals surface area contributed by atoms with Crippen LogP contribution in [0.15, 0.2) is 57.9 Å². The number of nitrogens with zero attached hydrogens (tertiary/aromatic N) is 2. The van der Waals surface area contributed by atoms with Gasteiger partial charge in [-0.05, 0) is 49.4 Å². The summed E-state index contributed by atoms with van der Waals surface area (Å²) in [4.78, 5) is 24.5. The van der Waals surface area contributed by atoms with E-state index in [1.54, 1.807) is 36.4 Å². The quantitative estimate of drug-likeness (QED) is 0.303. The van der Waals surface area contributed by atoms with E-state index < -0.39 is 4.92 Å². The lowest BCUT2D eigenvalue weighted by Crippen LogP contribution is -2.27. The largest absolute Gasteiger partial charge is 0.494 e. The van der Waals surface area contributed by atoms with E-state index in [1.165, 1.54) is 34.9 Å². The molecule has 0 atom stereocenters. The molecule has 1 aromatic carbocycles. The molecule has 2 heterocycles. The van der Waals surface area contributed by atoms with Crippen LogP contribution in [0.25, 0.3) is 6.08 Å². The Hall–Kier alpha value is -2.91. The highest BCUT2D eigenvalue weighted by Gasteiger charge is 2.32. The summed E-state index contributed by atoms with van der Waals surface area (Å²) in [5, 5.41) is 10.6. The normalized spacial score (nSPS) is 15.9. The molecule has 9 heteroatoms. The Morgan fingerprint density at radius 2 is 2.04 bits per heavy atom. The lowest BCUT2D eigenvalue weighted by atomic mass is 10.2. The molecule has 1 aromatic heterocycles. The van der Waals surface area contributed by atoms with Crippen molar-refractivity contribution in [3.8, 4) is 5.75 Å². The molecule has 0 unspecified atom stereocenters. The molecule has 1 aliphatic heterocycles. The van der Waals surface area contributed by atoms with Gasteiger partial charge in [-0.15, -0.1) is 0 Å². The van der Waals surface area contributed by atoms with Crippen molar-refractivity contribution < 1.29 is 18.9 Å². The number of nitro groups is 1. The van der Waals surface area contributed by atoms with Gasteiger partial charge >= 0.3 is 5.88 Å². The third kappa shape index (κ3) is 4.26. The number of carbonyl (C=O) groups excluding carboxylic acids is 1. The molecule has 1 fully saturated rings. The predicted molar refractivity (Wildman–Crippen MR) is 108 cm³/mol. The lowest BCUT2D eigenvalue weighted by Gasteiger charge is -2.15. The van der Waals surface area contributed by atoms with E-state index in [0.717, 1.165) is 5.75 Å². The van der Waals surface area contributed by atoms with E-state index in [4.69, 9.17) is 21.4 Å². The first-order chi connectivity index (χ1) is 13.0. The van der Waals surface area contributed by atoms with Gasteiger partial charge in [0.25, 0.3) is 5.91 Å². The van der Waals surface area contributed by atoms with Crippen molar-refractivity contribution in [1.82, 2.24) is 0 Å². The second-order valence-electron chi connectivity index (χ2n) is 5.26. The highest BCUT2D eigenvalue weighted by molar-refractivity contribution is 8.27. The van der Waals surface area contributed by atoms with Gasteiger partial charge in [-0.1, -0.05) is 30.1 Å². The van der Waals surface area contributed by atoms with Crippen molar-refractivity contribution in [2.45, 2.75) is 6.92 Å². The number of benzene rings is 1. The molecule has 0 N–H and O–H groups in total. The van der Waals surface area contributed by atoms with Crippen LogP contribution in [0.1, 0.15) is 12.7 Å². The van der Waals surface area contributed by atoms with Crippen molar-refractivity contribution in [3.05, 3.63) is 69.3 Å². The Balaban J connectivity index is 1.73. The van der Waals surface area contributed by atoms with Crippen LogP contribution in [-0.2, 0) is 4.79 Å². The number of furan rings is 1. The lowest BCUT2D eigenvalue weighted by molar-refractivity contribution is -0.402. The molecule has 138 valence electrons. The van der Waals surface area contributed by atoms with Gasteiger partial charge in [-0.3, -0.25) is 19.8 Å². The minimum Gasteiger partial charge on any atom is -0.494 e. The summed E-state index contributed by atoms with van der Waals surface area (Å²) in [5.41, 5.74) is 0.662. The first-order valence-corrected chi connectivity index (χ1v) is 9.14. The van der Waals surface area contributed by atoms with E-state index in [-0.39, 0.29) is 11.8 Å². The van der Waals surface area contributed by atoms with E-state index in [1.807, 2.05) is 6.92 Å². The van der Waals surface area contributed by atoms with Crippen LogP contribution in [-0.4, -0.2) is 21.8 Å². The van der Waals surface area contributed by atoms with Gasteiger partial charge in [-0.2, -0.15) is 0 Å². The van der Waals surface area contributed by atoms with Gasteiger partial charge in [0.05, 0.1) is 23.3 Å².